The van der Waals surface area contributed by atoms with Gasteiger partial charge in [0, 0.05) is 0 Å². The molecule has 0 bridgehead atoms. The van der Waals surface area contributed by atoms with Crippen molar-refractivity contribution in [3.8, 4) is 0 Å². The zero-order chi connectivity index (χ0) is 22.3. The van der Waals surface area contributed by atoms with Gasteiger partial charge >= 0.3 is 0 Å². The maximum Gasteiger partial charge on any atom is 0.202 e. The summed E-state index contributed by atoms with van der Waals surface area (Å²) in [6.45, 7) is 19.6. The highest BCUT2D eigenvalue weighted by Crippen LogP contribution is 2.50. The molecule has 1 aromatic carbocycles. The van der Waals surface area contributed by atoms with Gasteiger partial charge < -0.3 is 4.74 Å². The van der Waals surface area contributed by atoms with Gasteiger partial charge in [0.15, 0.2) is 5.78 Å². The van der Waals surface area contributed by atoms with Gasteiger partial charge in [-0.25, -0.2) is 0 Å². The fourth-order valence-corrected chi connectivity index (χ4v) is 5.06. The first-order chi connectivity index (χ1) is 13.3. The molecule has 2 rings (SSSR count). The number of alkyl halides is 2. The lowest BCUT2D eigenvalue weighted by Gasteiger charge is -2.47. The minimum Gasteiger partial charge on any atom is -0.366 e. The average Bonchev–Trinajstić information content (AvgIpc) is 2.62. The van der Waals surface area contributed by atoms with Crippen LogP contribution in [0.3, 0.4) is 0 Å². The van der Waals surface area contributed by atoms with E-state index in [4.69, 9.17) is 27.9 Å². The predicted molar refractivity (Wildman–Crippen MR) is 124 cm³/mol. The SMILES string of the molecule is CC(C)C[C@@H]1C(=O)C(Cl)(Cl)[C@@H]1O[C@H](C)c1c(C(C)C)cc(C(C)C)cc1C(C)C. The summed E-state index contributed by atoms with van der Waals surface area (Å²) in [5.74, 6) is 1.27. The molecule has 0 unspecified atom stereocenters. The van der Waals surface area contributed by atoms with E-state index in [1.165, 1.54) is 22.3 Å². The van der Waals surface area contributed by atoms with Crippen molar-refractivity contribution in [2.75, 3.05) is 0 Å². The molecule has 0 radical (unpaired) electrons. The summed E-state index contributed by atoms with van der Waals surface area (Å²) in [4.78, 5) is 12.5. The number of rotatable bonds is 8. The summed E-state index contributed by atoms with van der Waals surface area (Å²) < 4.78 is 5.03. The standard InChI is InChI=1S/C25H38Cl2O2/c1-13(2)10-21-23(28)25(26,27)24(21)29-17(9)22-19(15(5)6)11-18(14(3)4)12-20(22)16(7)8/h11-17,21,24H,10H2,1-9H3/t17-,21-,24-/m1/s1. The van der Waals surface area contributed by atoms with Crippen molar-refractivity contribution in [3.05, 3.63) is 34.4 Å². The Morgan fingerprint density at radius 2 is 1.38 bits per heavy atom. The molecule has 1 aromatic rings. The molecule has 164 valence electrons. The number of carbonyl (C=O) groups is 1. The van der Waals surface area contributed by atoms with Gasteiger partial charge in [-0.3, -0.25) is 4.79 Å². The van der Waals surface area contributed by atoms with Crippen LogP contribution in [0, 0.1) is 11.8 Å². The molecule has 29 heavy (non-hydrogen) atoms. The molecule has 1 fully saturated rings. The number of hydrogen-bond acceptors (Lipinski definition) is 2. The number of ketones is 1. The summed E-state index contributed by atoms with van der Waals surface area (Å²) in [5.41, 5.74) is 5.21. The van der Waals surface area contributed by atoms with Crippen LogP contribution in [0.5, 0.6) is 0 Å². The molecule has 0 heterocycles. The molecule has 0 N–H and O–H groups in total. The summed E-state index contributed by atoms with van der Waals surface area (Å²) >= 11 is 12.8. The van der Waals surface area contributed by atoms with Crippen LogP contribution >= 0.6 is 23.2 Å². The van der Waals surface area contributed by atoms with E-state index in [-0.39, 0.29) is 17.8 Å². The highest BCUT2D eigenvalue weighted by molar-refractivity contribution is 6.61. The van der Waals surface area contributed by atoms with Crippen LogP contribution in [-0.4, -0.2) is 16.2 Å². The first-order valence-corrected chi connectivity index (χ1v) is 11.8. The smallest absolute Gasteiger partial charge is 0.202 e. The second-order valence-corrected chi connectivity index (χ2v) is 11.4. The van der Waals surface area contributed by atoms with Crippen LogP contribution in [0.25, 0.3) is 0 Å². The van der Waals surface area contributed by atoms with Crippen molar-refractivity contribution in [3.63, 3.8) is 0 Å². The third-order valence-corrected chi connectivity index (χ3v) is 6.85. The minimum absolute atomic E-state index is 0.102. The Morgan fingerprint density at radius 3 is 1.76 bits per heavy atom. The van der Waals surface area contributed by atoms with Crippen molar-refractivity contribution < 1.29 is 9.53 Å². The molecule has 1 aliphatic carbocycles. The number of Topliss-reactive ketones (excluding diaryl/α,β-unsaturated/α-hetero) is 1. The van der Waals surface area contributed by atoms with Crippen LogP contribution < -0.4 is 0 Å². The Kier molecular flexibility index (Phi) is 7.91. The first kappa shape index (κ1) is 24.7. The third kappa shape index (κ3) is 5.02. The maximum atomic E-state index is 12.5. The van der Waals surface area contributed by atoms with Crippen LogP contribution in [-0.2, 0) is 9.53 Å². The van der Waals surface area contributed by atoms with E-state index >= 15 is 0 Å². The van der Waals surface area contributed by atoms with Crippen molar-refractivity contribution in [2.45, 2.75) is 103 Å². The topological polar surface area (TPSA) is 26.3 Å². The predicted octanol–water partition coefficient (Wildman–Crippen LogP) is 7.92. The molecule has 0 spiro atoms. The lowest BCUT2D eigenvalue weighted by atomic mass is 9.74. The zero-order valence-corrected chi connectivity index (χ0v) is 21.0. The molecule has 3 atom stereocenters. The number of halogens is 2. The minimum atomic E-state index is -1.44. The summed E-state index contributed by atoms with van der Waals surface area (Å²) in [7, 11) is 0. The summed E-state index contributed by atoms with van der Waals surface area (Å²) in [6.07, 6.45) is 0.0915. The summed E-state index contributed by atoms with van der Waals surface area (Å²) in [5, 5.41) is 0. The van der Waals surface area contributed by atoms with Gasteiger partial charge in [0.05, 0.1) is 12.0 Å². The second kappa shape index (κ2) is 9.28. The van der Waals surface area contributed by atoms with E-state index in [0.29, 0.717) is 23.7 Å². The Balaban J connectivity index is 2.46. The first-order valence-electron chi connectivity index (χ1n) is 11.0. The molecule has 0 aromatic heterocycles. The van der Waals surface area contributed by atoms with Gasteiger partial charge in [-0.05, 0) is 59.3 Å². The molecule has 4 heteroatoms. The average molecular weight is 441 g/mol. The van der Waals surface area contributed by atoms with Crippen LogP contribution in [0.2, 0.25) is 0 Å². The number of carbonyl (C=O) groups excluding carboxylic acids is 1. The largest absolute Gasteiger partial charge is 0.366 e. The second-order valence-electron chi connectivity index (χ2n) is 10.00. The Hall–Kier alpha value is -0.570. The van der Waals surface area contributed by atoms with Crippen molar-refractivity contribution in [1.82, 2.24) is 0 Å². The summed E-state index contributed by atoms with van der Waals surface area (Å²) in [6, 6.07) is 4.64. The maximum absolute atomic E-state index is 12.5. The lowest BCUT2D eigenvalue weighted by molar-refractivity contribution is -0.155. The molecule has 0 saturated heterocycles. The quantitative estimate of drug-likeness (QED) is 0.383. The Labute approximate surface area is 187 Å². The monoisotopic (exact) mass is 440 g/mol. The van der Waals surface area contributed by atoms with E-state index < -0.39 is 10.4 Å². The van der Waals surface area contributed by atoms with E-state index in [1.54, 1.807) is 0 Å². The van der Waals surface area contributed by atoms with Gasteiger partial charge in [0.25, 0.3) is 0 Å². The van der Waals surface area contributed by atoms with E-state index in [0.717, 1.165) is 6.42 Å². The van der Waals surface area contributed by atoms with Crippen molar-refractivity contribution >= 4 is 29.0 Å². The van der Waals surface area contributed by atoms with E-state index in [9.17, 15) is 4.79 Å². The zero-order valence-electron chi connectivity index (χ0n) is 19.5. The lowest BCUT2D eigenvalue weighted by Crippen LogP contribution is -2.62. The van der Waals surface area contributed by atoms with Gasteiger partial charge in [-0.2, -0.15) is 0 Å². The normalized spacial score (nSPS) is 22.7. The molecule has 2 nitrogen and oxygen atoms in total. The Morgan fingerprint density at radius 1 is 0.897 bits per heavy atom. The molecule has 1 saturated carbocycles. The third-order valence-electron chi connectivity index (χ3n) is 6.05. The molecular weight excluding hydrogens is 403 g/mol. The highest BCUT2D eigenvalue weighted by Gasteiger charge is 2.61. The molecular formula is C25H38Cl2O2. The number of hydrogen-bond donors (Lipinski definition) is 0. The molecule has 0 aliphatic heterocycles. The fraction of sp³-hybridized carbons (Fsp3) is 0.720. The van der Waals surface area contributed by atoms with Crippen LogP contribution in [0.15, 0.2) is 12.1 Å². The van der Waals surface area contributed by atoms with Crippen molar-refractivity contribution in [2.24, 2.45) is 11.8 Å². The van der Waals surface area contributed by atoms with Gasteiger partial charge in [-0.1, -0.05) is 90.7 Å². The van der Waals surface area contributed by atoms with Crippen molar-refractivity contribution in [1.29, 1.82) is 0 Å². The number of ether oxygens (including phenoxy) is 1. The van der Waals surface area contributed by atoms with E-state index in [2.05, 4.69) is 74.4 Å². The fourth-order valence-electron chi connectivity index (χ4n) is 4.37. The van der Waals surface area contributed by atoms with Crippen LogP contribution in [0.4, 0.5) is 0 Å². The van der Waals surface area contributed by atoms with Gasteiger partial charge in [0.2, 0.25) is 4.33 Å². The Bertz CT molecular complexity index is 705. The highest BCUT2D eigenvalue weighted by atomic mass is 35.5. The van der Waals surface area contributed by atoms with E-state index in [1.807, 2.05) is 0 Å². The molecule has 1 aliphatic rings. The number of benzene rings is 1. The van der Waals surface area contributed by atoms with Gasteiger partial charge in [-0.15, -0.1) is 0 Å². The van der Waals surface area contributed by atoms with Crippen LogP contribution in [0.1, 0.15) is 115 Å². The van der Waals surface area contributed by atoms with Gasteiger partial charge in [0.1, 0.15) is 6.10 Å². The molecule has 0 amide bonds.